The van der Waals surface area contributed by atoms with E-state index in [0.717, 1.165) is 30.8 Å². The number of hydrogen-bond acceptors (Lipinski definition) is 4. The minimum Gasteiger partial charge on any atom is -0.494 e. The van der Waals surface area contributed by atoms with E-state index in [1.54, 1.807) is 0 Å². The Morgan fingerprint density at radius 1 is 1.18 bits per heavy atom. The summed E-state index contributed by atoms with van der Waals surface area (Å²) < 4.78 is 10.6. The first-order chi connectivity index (χ1) is 8.33. The van der Waals surface area contributed by atoms with Crippen LogP contribution < -0.4 is 4.74 Å². The first kappa shape index (κ1) is 11.6. The SMILES string of the molecule is CCCOc1ccc(-c2noc(CC)n2)cc1. The molecule has 0 saturated carbocycles. The van der Waals surface area contributed by atoms with Crippen LogP contribution >= 0.6 is 0 Å². The van der Waals surface area contributed by atoms with Gasteiger partial charge in [0.25, 0.3) is 0 Å². The summed E-state index contributed by atoms with van der Waals surface area (Å²) in [5.41, 5.74) is 0.942. The molecule has 0 fully saturated rings. The molecule has 2 aromatic rings. The van der Waals surface area contributed by atoms with E-state index in [0.29, 0.717) is 11.7 Å². The van der Waals surface area contributed by atoms with Gasteiger partial charge in [-0.05, 0) is 30.7 Å². The van der Waals surface area contributed by atoms with Crippen LogP contribution in [-0.2, 0) is 6.42 Å². The van der Waals surface area contributed by atoms with E-state index in [4.69, 9.17) is 9.26 Å². The van der Waals surface area contributed by atoms with E-state index in [1.165, 1.54) is 0 Å². The Bertz CT molecular complexity index is 463. The van der Waals surface area contributed by atoms with E-state index < -0.39 is 0 Å². The molecule has 0 spiro atoms. The summed E-state index contributed by atoms with van der Waals surface area (Å²) in [6, 6.07) is 7.73. The van der Waals surface area contributed by atoms with Gasteiger partial charge in [0.15, 0.2) is 0 Å². The van der Waals surface area contributed by atoms with Gasteiger partial charge in [-0.25, -0.2) is 0 Å². The van der Waals surface area contributed by atoms with Crippen molar-refractivity contribution in [3.63, 3.8) is 0 Å². The van der Waals surface area contributed by atoms with Crippen LogP contribution in [0.4, 0.5) is 0 Å². The second-order valence-electron chi connectivity index (χ2n) is 3.74. The zero-order valence-corrected chi connectivity index (χ0v) is 10.1. The minimum atomic E-state index is 0.629. The molecule has 2 rings (SSSR count). The summed E-state index contributed by atoms with van der Waals surface area (Å²) in [6.45, 7) is 4.81. The van der Waals surface area contributed by atoms with E-state index in [2.05, 4.69) is 17.1 Å². The van der Waals surface area contributed by atoms with E-state index in [-0.39, 0.29) is 0 Å². The van der Waals surface area contributed by atoms with Gasteiger partial charge in [0, 0.05) is 12.0 Å². The highest BCUT2D eigenvalue weighted by Crippen LogP contribution is 2.20. The number of nitrogens with zero attached hydrogens (tertiary/aromatic N) is 2. The summed E-state index contributed by atoms with van der Waals surface area (Å²) in [7, 11) is 0. The van der Waals surface area contributed by atoms with Crippen molar-refractivity contribution >= 4 is 0 Å². The Kier molecular flexibility index (Phi) is 3.75. The maximum Gasteiger partial charge on any atom is 0.226 e. The lowest BCUT2D eigenvalue weighted by Crippen LogP contribution is -1.94. The molecule has 90 valence electrons. The van der Waals surface area contributed by atoms with Gasteiger partial charge >= 0.3 is 0 Å². The summed E-state index contributed by atoms with van der Waals surface area (Å²) in [5.74, 6) is 2.16. The third kappa shape index (κ3) is 2.84. The van der Waals surface area contributed by atoms with Crippen LogP contribution in [0.15, 0.2) is 28.8 Å². The summed E-state index contributed by atoms with van der Waals surface area (Å²) in [4.78, 5) is 4.27. The van der Waals surface area contributed by atoms with Crippen LogP contribution in [0, 0.1) is 0 Å². The van der Waals surface area contributed by atoms with Gasteiger partial charge < -0.3 is 9.26 Å². The Labute approximate surface area is 101 Å². The average Bonchev–Trinajstić information content (AvgIpc) is 2.86. The number of aryl methyl sites for hydroxylation is 1. The molecule has 1 heterocycles. The molecule has 0 saturated heterocycles. The molecule has 0 aliphatic carbocycles. The van der Waals surface area contributed by atoms with Crippen molar-refractivity contribution in [3.05, 3.63) is 30.2 Å². The van der Waals surface area contributed by atoms with Gasteiger partial charge in [0.05, 0.1) is 6.61 Å². The monoisotopic (exact) mass is 232 g/mol. The molecule has 0 aliphatic rings. The molecule has 1 aromatic heterocycles. The topological polar surface area (TPSA) is 48.2 Å². The highest BCUT2D eigenvalue weighted by Gasteiger charge is 2.06. The first-order valence-corrected chi connectivity index (χ1v) is 5.89. The molecule has 0 aliphatic heterocycles. The molecule has 0 atom stereocenters. The van der Waals surface area contributed by atoms with Crippen LogP contribution in [0.5, 0.6) is 5.75 Å². The third-order valence-corrected chi connectivity index (χ3v) is 2.36. The van der Waals surface area contributed by atoms with Crippen molar-refractivity contribution in [2.75, 3.05) is 6.61 Å². The van der Waals surface area contributed by atoms with Gasteiger partial charge in [-0.3, -0.25) is 0 Å². The van der Waals surface area contributed by atoms with Gasteiger partial charge in [0.1, 0.15) is 5.75 Å². The van der Waals surface area contributed by atoms with Crippen LogP contribution in [0.2, 0.25) is 0 Å². The third-order valence-electron chi connectivity index (χ3n) is 2.36. The quantitative estimate of drug-likeness (QED) is 0.794. The number of rotatable bonds is 5. The fourth-order valence-electron chi connectivity index (χ4n) is 1.44. The Hall–Kier alpha value is -1.84. The van der Waals surface area contributed by atoms with Crippen LogP contribution in [0.3, 0.4) is 0 Å². The summed E-state index contributed by atoms with van der Waals surface area (Å²) in [6.07, 6.45) is 1.76. The number of ether oxygens (including phenoxy) is 1. The van der Waals surface area contributed by atoms with Gasteiger partial charge in [-0.15, -0.1) is 0 Å². The Morgan fingerprint density at radius 2 is 1.94 bits per heavy atom. The van der Waals surface area contributed by atoms with Gasteiger partial charge in [-0.2, -0.15) is 4.98 Å². The molecular formula is C13H16N2O2. The van der Waals surface area contributed by atoms with E-state index in [1.807, 2.05) is 31.2 Å². The Balaban J connectivity index is 2.11. The van der Waals surface area contributed by atoms with Crippen molar-refractivity contribution in [2.45, 2.75) is 26.7 Å². The first-order valence-electron chi connectivity index (χ1n) is 5.89. The predicted molar refractivity (Wildman–Crippen MR) is 64.9 cm³/mol. The fraction of sp³-hybridized carbons (Fsp3) is 0.385. The minimum absolute atomic E-state index is 0.629. The van der Waals surface area contributed by atoms with Crippen molar-refractivity contribution in [1.29, 1.82) is 0 Å². The van der Waals surface area contributed by atoms with Crippen molar-refractivity contribution in [2.24, 2.45) is 0 Å². The number of aromatic nitrogens is 2. The largest absolute Gasteiger partial charge is 0.494 e. The second-order valence-corrected chi connectivity index (χ2v) is 3.74. The lowest BCUT2D eigenvalue weighted by Gasteiger charge is -2.03. The normalized spacial score (nSPS) is 10.5. The van der Waals surface area contributed by atoms with Crippen LogP contribution in [0.25, 0.3) is 11.4 Å². The van der Waals surface area contributed by atoms with Crippen LogP contribution in [0.1, 0.15) is 26.2 Å². The maximum absolute atomic E-state index is 5.51. The highest BCUT2D eigenvalue weighted by atomic mass is 16.5. The molecule has 0 unspecified atom stereocenters. The lowest BCUT2D eigenvalue weighted by atomic mass is 10.2. The fourth-order valence-corrected chi connectivity index (χ4v) is 1.44. The molecule has 17 heavy (non-hydrogen) atoms. The predicted octanol–water partition coefficient (Wildman–Crippen LogP) is 3.09. The zero-order chi connectivity index (χ0) is 12.1. The summed E-state index contributed by atoms with van der Waals surface area (Å²) in [5, 5.41) is 3.92. The lowest BCUT2D eigenvalue weighted by molar-refractivity contribution is 0.317. The second kappa shape index (κ2) is 5.48. The van der Waals surface area contributed by atoms with Crippen LogP contribution in [-0.4, -0.2) is 16.7 Å². The average molecular weight is 232 g/mol. The number of benzene rings is 1. The zero-order valence-electron chi connectivity index (χ0n) is 10.1. The molecule has 0 amide bonds. The Morgan fingerprint density at radius 3 is 2.53 bits per heavy atom. The maximum atomic E-state index is 5.51. The molecular weight excluding hydrogens is 216 g/mol. The van der Waals surface area contributed by atoms with E-state index >= 15 is 0 Å². The molecule has 0 bridgehead atoms. The molecule has 1 aromatic carbocycles. The van der Waals surface area contributed by atoms with Crippen molar-refractivity contribution in [1.82, 2.24) is 10.1 Å². The van der Waals surface area contributed by atoms with Gasteiger partial charge in [0.2, 0.25) is 11.7 Å². The summed E-state index contributed by atoms with van der Waals surface area (Å²) >= 11 is 0. The van der Waals surface area contributed by atoms with E-state index in [9.17, 15) is 0 Å². The van der Waals surface area contributed by atoms with Gasteiger partial charge in [-0.1, -0.05) is 19.0 Å². The highest BCUT2D eigenvalue weighted by molar-refractivity contribution is 5.55. The standard InChI is InChI=1S/C13H16N2O2/c1-3-9-16-11-7-5-10(6-8-11)13-14-12(4-2)17-15-13/h5-8H,3-4,9H2,1-2H3. The molecule has 4 heteroatoms. The van der Waals surface area contributed by atoms with Crippen molar-refractivity contribution < 1.29 is 9.26 Å². The number of hydrogen-bond donors (Lipinski definition) is 0. The molecule has 0 N–H and O–H groups in total. The molecule has 4 nitrogen and oxygen atoms in total. The van der Waals surface area contributed by atoms with Crippen molar-refractivity contribution in [3.8, 4) is 17.1 Å². The smallest absolute Gasteiger partial charge is 0.226 e. The molecule has 0 radical (unpaired) electrons.